The number of hydrogen-bond donors (Lipinski definition) is 3. The van der Waals surface area contributed by atoms with Gasteiger partial charge in [0, 0.05) is 16.1 Å². The zero-order valence-corrected chi connectivity index (χ0v) is 19.5. The fraction of sp³-hybridized carbons (Fsp3) is 0.160. The van der Waals surface area contributed by atoms with Crippen LogP contribution in [0.4, 0.5) is 0 Å². The van der Waals surface area contributed by atoms with E-state index < -0.39 is 17.7 Å². The zero-order valence-electron chi connectivity index (χ0n) is 18.7. The lowest BCUT2D eigenvalue weighted by molar-refractivity contribution is -0.120. The van der Waals surface area contributed by atoms with Gasteiger partial charge < -0.3 is 19.5 Å². The molecule has 0 bridgehead atoms. The number of ether oxygens (including phenoxy) is 3. The summed E-state index contributed by atoms with van der Waals surface area (Å²) >= 11 is 6.02. The number of carbonyl (C=O) groups excluding carboxylic acids is 3. The Bertz CT molecular complexity index is 1260. The van der Waals surface area contributed by atoms with Crippen molar-refractivity contribution in [2.45, 2.75) is 13.5 Å². The summed E-state index contributed by atoms with van der Waals surface area (Å²) in [5.41, 5.74) is 7.04. The fourth-order valence-corrected chi connectivity index (χ4v) is 3.29. The third-order valence-electron chi connectivity index (χ3n) is 5.11. The largest absolute Gasteiger partial charge is 0.489 e. The van der Waals surface area contributed by atoms with Crippen LogP contribution in [0.25, 0.3) is 0 Å². The summed E-state index contributed by atoms with van der Waals surface area (Å²) < 4.78 is 16.2. The van der Waals surface area contributed by atoms with Gasteiger partial charge in [0.2, 0.25) is 6.79 Å². The van der Waals surface area contributed by atoms with Crippen molar-refractivity contribution < 1.29 is 28.6 Å². The van der Waals surface area contributed by atoms with Gasteiger partial charge in [-0.05, 0) is 66.6 Å². The molecule has 9 nitrogen and oxygen atoms in total. The van der Waals surface area contributed by atoms with Crippen molar-refractivity contribution in [3.8, 4) is 17.2 Å². The highest BCUT2D eigenvalue weighted by atomic mass is 35.5. The number of carbonyl (C=O) groups is 3. The summed E-state index contributed by atoms with van der Waals surface area (Å²) in [4.78, 5) is 36.5. The number of benzene rings is 3. The van der Waals surface area contributed by atoms with E-state index in [9.17, 15) is 14.4 Å². The molecule has 35 heavy (non-hydrogen) atoms. The van der Waals surface area contributed by atoms with E-state index in [1.807, 2.05) is 13.0 Å². The molecule has 4 rings (SSSR count). The van der Waals surface area contributed by atoms with Gasteiger partial charge in [-0.1, -0.05) is 23.7 Å². The van der Waals surface area contributed by atoms with Crippen molar-refractivity contribution in [3.05, 3.63) is 87.9 Å². The molecule has 0 atom stereocenters. The quantitative estimate of drug-likeness (QED) is 0.434. The van der Waals surface area contributed by atoms with Crippen LogP contribution < -0.4 is 30.4 Å². The molecule has 1 heterocycles. The Hall–Kier alpha value is -4.24. The summed E-state index contributed by atoms with van der Waals surface area (Å²) in [6.45, 7) is 1.99. The first-order chi connectivity index (χ1) is 16.9. The monoisotopic (exact) mass is 495 g/mol. The van der Waals surface area contributed by atoms with Crippen molar-refractivity contribution in [2.75, 3.05) is 13.3 Å². The molecule has 0 radical (unpaired) electrons. The van der Waals surface area contributed by atoms with E-state index in [1.165, 1.54) is 6.07 Å². The SMILES string of the molecule is Cc1cc(OCc2ccc(C(=O)NNC(=O)CNC(=O)c3ccc4c(c3)OCO4)cc2)ccc1Cl. The van der Waals surface area contributed by atoms with Crippen LogP contribution in [0.3, 0.4) is 0 Å². The third-order valence-corrected chi connectivity index (χ3v) is 5.53. The summed E-state index contributed by atoms with van der Waals surface area (Å²) in [6.07, 6.45) is 0. The zero-order chi connectivity index (χ0) is 24.8. The van der Waals surface area contributed by atoms with Crippen LogP contribution in [-0.4, -0.2) is 31.1 Å². The molecule has 0 unspecified atom stereocenters. The molecule has 3 amide bonds. The molecule has 3 aromatic carbocycles. The summed E-state index contributed by atoms with van der Waals surface area (Å²) in [6, 6.07) is 16.9. The van der Waals surface area contributed by atoms with E-state index in [-0.39, 0.29) is 13.3 Å². The average molecular weight is 496 g/mol. The van der Waals surface area contributed by atoms with E-state index in [4.69, 9.17) is 25.8 Å². The molecular formula is C25H22ClN3O6. The lowest BCUT2D eigenvalue weighted by atomic mass is 10.1. The maximum absolute atomic E-state index is 12.3. The van der Waals surface area contributed by atoms with Crippen molar-refractivity contribution in [2.24, 2.45) is 0 Å². The van der Waals surface area contributed by atoms with Crippen molar-refractivity contribution >= 4 is 29.3 Å². The minimum Gasteiger partial charge on any atom is -0.489 e. The number of rotatable bonds is 7. The Morgan fingerprint density at radius 3 is 2.40 bits per heavy atom. The second-order valence-electron chi connectivity index (χ2n) is 7.65. The van der Waals surface area contributed by atoms with Gasteiger partial charge in [0.1, 0.15) is 12.4 Å². The number of hydrogen-bond acceptors (Lipinski definition) is 6. The first kappa shape index (κ1) is 23.9. The van der Waals surface area contributed by atoms with Crippen LogP contribution in [0.5, 0.6) is 17.2 Å². The number of halogens is 1. The summed E-state index contributed by atoms with van der Waals surface area (Å²) in [5, 5.41) is 3.15. The van der Waals surface area contributed by atoms with Crippen LogP contribution in [0.1, 0.15) is 31.8 Å². The smallest absolute Gasteiger partial charge is 0.269 e. The minimum atomic E-state index is -0.587. The number of hydrazine groups is 1. The van der Waals surface area contributed by atoms with E-state index >= 15 is 0 Å². The standard InChI is InChI=1S/C25H22ClN3O6/c1-15-10-19(7-8-20(15)26)33-13-16-2-4-17(5-3-16)25(32)29-28-23(30)12-27-24(31)18-6-9-21-22(11-18)35-14-34-21/h2-11H,12-14H2,1H3,(H,27,31)(H,28,30)(H,29,32). The maximum Gasteiger partial charge on any atom is 0.269 e. The molecule has 0 aromatic heterocycles. The molecule has 0 saturated heterocycles. The highest BCUT2D eigenvalue weighted by Crippen LogP contribution is 2.32. The number of amides is 3. The predicted molar refractivity (Wildman–Crippen MR) is 127 cm³/mol. The molecule has 0 spiro atoms. The fourth-order valence-electron chi connectivity index (χ4n) is 3.17. The van der Waals surface area contributed by atoms with E-state index in [0.717, 1.165) is 11.1 Å². The highest BCUT2D eigenvalue weighted by Gasteiger charge is 2.17. The van der Waals surface area contributed by atoms with Gasteiger partial charge in [-0.3, -0.25) is 25.2 Å². The van der Waals surface area contributed by atoms with Gasteiger partial charge in [-0.2, -0.15) is 0 Å². The first-order valence-corrected chi connectivity index (χ1v) is 11.0. The van der Waals surface area contributed by atoms with Crippen LogP contribution in [0.2, 0.25) is 5.02 Å². The van der Waals surface area contributed by atoms with Crippen LogP contribution >= 0.6 is 11.6 Å². The molecule has 1 aliphatic rings. The average Bonchev–Trinajstić information content (AvgIpc) is 3.35. The molecule has 3 aromatic rings. The molecule has 180 valence electrons. The number of fused-ring (bicyclic) bond motifs is 1. The lowest BCUT2D eigenvalue weighted by Crippen LogP contribution is -2.46. The Labute approximate surface area is 206 Å². The third kappa shape index (κ3) is 6.21. The van der Waals surface area contributed by atoms with Gasteiger partial charge in [0.15, 0.2) is 11.5 Å². The molecule has 0 saturated carbocycles. The van der Waals surface area contributed by atoms with Crippen molar-refractivity contribution in [1.29, 1.82) is 0 Å². The molecule has 10 heteroatoms. The number of aryl methyl sites for hydroxylation is 1. The first-order valence-electron chi connectivity index (χ1n) is 10.6. The number of nitrogens with one attached hydrogen (secondary N) is 3. The lowest BCUT2D eigenvalue weighted by Gasteiger charge is -2.10. The molecule has 0 fully saturated rings. The molecular weight excluding hydrogens is 474 g/mol. The van der Waals surface area contributed by atoms with Crippen molar-refractivity contribution in [1.82, 2.24) is 16.2 Å². The normalized spacial score (nSPS) is 11.5. The Morgan fingerprint density at radius 2 is 1.63 bits per heavy atom. The topological polar surface area (TPSA) is 115 Å². The summed E-state index contributed by atoms with van der Waals surface area (Å²) in [5.74, 6) is 0.168. The van der Waals surface area contributed by atoms with E-state index in [1.54, 1.807) is 48.5 Å². The van der Waals surface area contributed by atoms with Crippen LogP contribution in [-0.2, 0) is 11.4 Å². The predicted octanol–water partition coefficient (Wildman–Crippen LogP) is 3.15. The second kappa shape index (κ2) is 10.8. The van der Waals surface area contributed by atoms with E-state index in [0.29, 0.717) is 40.0 Å². The van der Waals surface area contributed by atoms with Gasteiger partial charge in [0.05, 0.1) is 6.54 Å². The maximum atomic E-state index is 12.3. The minimum absolute atomic E-state index is 0.0993. The Kier molecular flexibility index (Phi) is 7.37. The molecule has 0 aliphatic carbocycles. The highest BCUT2D eigenvalue weighted by molar-refractivity contribution is 6.31. The second-order valence-corrected chi connectivity index (χ2v) is 8.06. The van der Waals surface area contributed by atoms with Gasteiger partial charge in [-0.25, -0.2) is 0 Å². The molecule has 3 N–H and O–H groups in total. The van der Waals surface area contributed by atoms with Crippen LogP contribution in [0.15, 0.2) is 60.7 Å². The molecule has 1 aliphatic heterocycles. The van der Waals surface area contributed by atoms with Crippen molar-refractivity contribution in [3.63, 3.8) is 0 Å². The van der Waals surface area contributed by atoms with Crippen LogP contribution in [0, 0.1) is 6.92 Å². The Morgan fingerprint density at radius 1 is 0.886 bits per heavy atom. The van der Waals surface area contributed by atoms with Gasteiger partial charge in [0.25, 0.3) is 17.7 Å². The summed E-state index contributed by atoms with van der Waals surface area (Å²) in [7, 11) is 0. The van der Waals surface area contributed by atoms with Gasteiger partial charge in [-0.15, -0.1) is 0 Å². The van der Waals surface area contributed by atoms with E-state index in [2.05, 4.69) is 16.2 Å². The van der Waals surface area contributed by atoms with Gasteiger partial charge >= 0.3 is 0 Å². The Balaban J connectivity index is 1.20.